The van der Waals surface area contributed by atoms with Crippen molar-refractivity contribution in [3.8, 4) is 0 Å². The first-order valence-electron chi connectivity index (χ1n) is 8.72. The van der Waals surface area contributed by atoms with Crippen molar-refractivity contribution in [2.24, 2.45) is 23.2 Å². The van der Waals surface area contributed by atoms with Crippen LogP contribution in [0.15, 0.2) is 28.6 Å². The van der Waals surface area contributed by atoms with Gasteiger partial charge in [0, 0.05) is 0 Å². The Labute approximate surface area is 145 Å². The highest BCUT2D eigenvalue weighted by Crippen LogP contribution is 2.63. The number of rotatable bonds is 4. The first-order chi connectivity index (χ1) is 11.2. The van der Waals surface area contributed by atoms with Gasteiger partial charge in [-0.1, -0.05) is 23.9 Å². The van der Waals surface area contributed by atoms with E-state index in [9.17, 15) is 4.79 Å². The molecule has 120 valence electrons. The van der Waals surface area contributed by atoms with Gasteiger partial charge in [-0.05, 0) is 73.8 Å². The van der Waals surface area contributed by atoms with Crippen molar-refractivity contribution in [3.05, 3.63) is 24.3 Å². The van der Waals surface area contributed by atoms with Crippen molar-refractivity contribution in [2.45, 2.75) is 48.1 Å². The average Bonchev–Trinajstić information content (AvgIpc) is 2.93. The van der Waals surface area contributed by atoms with E-state index in [0.717, 1.165) is 27.6 Å². The number of carbonyl (C=O) groups excluding carboxylic acids is 1. The second-order valence-corrected chi connectivity index (χ2v) is 10.3. The van der Waals surface area contributed by atoms with Crippen molar-refractivity contribution < 1.29 is 4.79 Å². The van der Waals surface area contributed by atoms with Gasteiger partial charge in [0.25, 0.3) is 0 Å². The van der Waals surface area contributed by atoms with Crippen LogP contribution in [0, 0.1) is 23.2 Å². The Morgan fingerprint density at radius 3 is 2.39 bits per heavy atom. The second-order valence-electron chi connectivity index (χ2n) is 7.90. The van der Waals surface area contributed by atoms with Crippen LogP contribution in [0.3, 0.4) is 0 Å². The molecule has 0 aliphatic heterocycles. The lowest BCUT2D eigenvalue weighted by atomic mass is 9.49. The highest BCUT2D eigenvalue weighted by atomic mass is 32.2. The molecule has 4 aliphatic carbocycles. The first kappa shape index (κ1) is 14.5. The first-order valence-corrected chi connectivity index (χ1v) is 10.4. The number of hydrogen-bond donors (Lipinski definition) is 0. The zero-order valence-corrected chi connectivity index (χ0v) is 14.7. The molecule has 2 nitrogen and oxygen atoms in total. The predicted octanol–water partition coefficient (Wildman–Crippen LogP) is 5.17. The summed E-state index contributed by atoms with van der Waals surface area (Å²) in [6.45, 7) is 0. The highest BCUT2D eigenvalue weighted by molar-refractivity contribution is 8.02. The summed E-state index contributed by atoms with van der Waals surface area (Å²) in [5.74, 6) is 2.67. The molecule has 0 saturated heterocycles. The minimum atomic E-state index is 0.0939. The van der Waals surface area contributed by atoms with Gasteiger partial charge in [0.05, 0.1) is 15.5 Å². The number of fused-ring (bicyclic) bond motifs is 1. The number of para-hydroxylation sites is 1. The molecule has 0 spiro atoms. The summed E-state index contributed by atoms with van der Waals surface area (Å²) in [5, 5.41) is 0.0939. The zero-order valence-electron chi connectivity index (χ0n) is 13.1. The molecule has 0 amide bonds. The van der Waals surface area contributed by atoms with E-state index >= 15 is 0 Å². The number of carbonyl (C=O) groups is 1. The number of benzene rings is 1. The standard InChI is InChI=1S/C19H21NOS2/c21-11-17(23-18-20-15-3-1-2-4-16(15)22-18)19-8-12-5-13(9-19)7-14(6-12)10-19/h1-4,11-14,17H,5-10H2. The number of aldehydes is 1. The zero-order chi connectivity index (χ0) is 15.4. The van der Waals surface area contributed by atoms with Gasteiger partial charge in [-0.15, -0.1) is 11.3 Å². The van der Waals surface area contributed by atoms with E-state index in [0.29, 0.717) is 0 Å². The fraction of sp³-hybridized carbons (Fsp3) is 0.579. The third-order valence-electron chi connectivity index (χ3n) is 6.31. The van der Waals surface area contributed by atoms with Gasteiger partial charge in [-0.25, -0.2) is 4.98 Å². The fourth-order valence-electron chi connectivity index (χ4n) is 5.83. The molecule has 6 rings (SSSR count). The summed E-state index contributed by atoms with van der Waals surface area (Å²) in [5.41, 5.74) is 1.33. The molecule has 0 radical (unpaired) electrons. The van der Waals surface area contributed by atoms with Crippen LogP contribution in [0.5, 0.6) is 0 Å². The largest absolute Gasteiger partial charge is 0.302 e. The monoisotopic (exact) mass is 343 g/mol. The van der Waals surface area contributed by atoms with Crippen LogP contribution in [0.2, 0.25) is 0 Å². The molecule has 4 saturated carbocycles. The van der Waals surface area contributed by atoms with Crippen LogP contribution >= 0.6 is 23.1 Å². The Morgan fingerprint density at radius 2 is 1.78 bits per heavy atom. The molecule has 0 N–H and O–H groups in total. The van der Waals surface area contributed by atoms with Crippen LogP contribution in [0.1, 0.15) is 38.5 Å². The van der Waals surface area contributed by atoms with Crippen molar-refractivity contribution in [3.63, 3.8) is 0 Å². The number of thiazole rings is 1. The normalized spacial score (nSPS) is 36.4. The van der Waals surface area contributed by atoms with E-state index in [-0.39, 0.29) is 10.7 Å². The van der Waals surface area contributed by atoms with Crippen molar-refractivity contribution in [1.82, 2.24) is 4.98 Å². The van der Waals surface area contributed by atoms with Crippen LogP contribution in [0.25, 0.3) is 10.2 Å². The molecule has 4 bridgehead atoms. The lowest BCUT2D eigenvalue weighted by Gasteiger charge is -2.58. The number of thioether (sulfide) groups is 1. The van der Waals surface area contributed by atoms with Crippen LogP contribution in [-0.4, -0.2) is 16.5 Å². The Hall–Kier alpha value is -0.870. The maximum absolute atomic E-state index is 12.0. The van der Waals surface area contributed by atoms with Gasteiger partial charge >= 0.3 is 0 Å². The molecule has 1 heterocycles. The topological polar surface area (TPSA) is 30.0 Å². The molecule has 1 aromatic heterocycles. The SMILES string of the molecule is O=CC(Sc1nc2ccccc2s1)C12CC3CC(CC(C3)C1)C2. The van der Waals surface area contributed by atoms with E-state index in [2.05, 4.69) is 18.2 Å². The van der Waals surface area contributed by atoms with E-state index in [1.807, 2.05) is 6.07 Å². The minimum Gasteiger partial charge on any atom is -0.302 e. The highest BCUT2D eigenvalue weighted by Gasteiger charge is 2.54. The van der Waals surface area contributed by atoms with Gasteiger partial charge < -0.3 is 4.79 Å². The van der Waals surface area contributed by atoms with Gasteiger partial charge in [-0.2, -0.15) is 0 Å². The molecular formula is C19H21NOS2. The van der Waals surface area contributed by atoms with Gasteiger partial charge in [0.2, 0.25) is 0 Å². The fourth-order valence-corrected chi connectivity index (χ4v) is 8.27. The van der Waals surface area contributed by atoms with E-state index in [4.69, 9.17) is 4.98 Å². The predicted molar refractivity (Wildman–Crippen MR) is 95.9 cm³/mol. The van der Waals surface area contributed by atoms with Crippen molar-refractivity contribution >= 4 is 39.6 Å². The van der Waals surface area contributed by atoms with Crippen LogP contribution in [-0.2, 0) is 4.79 Å². The second kappa shape index (κ2) is 5.32. The molecule has 1 atom stereocenters. The molecular weight excluding hydrogens is 322 g/mol. The summed E-state index contributed by atoms with van der Waals surface area (Å²) < 4.78 is 2.30. The minimum absolute atomic E-state index is 0.0939. The molecule has 4 fully saturated rings. The van der Waals surface area contributed by atoms with Gasteiger partial charge in [0.1, 0.15) is 6.29 Å². The molecule has 2 aromatic rings. The van der Waals surface area contributed by atoms with Crippen LogP contribution in [0.4, 0.5) is 0 Å². The van der Waals surface area contributed by atoms with Gasteiger partial charge in [0.15, 0.2) is 4.34 Å². The third kappa shape index (κ3) is 2.37. The van der Waals surface area contributed by atoms with Gasteiger partial charge in [-0.3, -0.25) is 0 Å². The Balaban J connectivity index is 1.45. The van der Waals surface area contributed by atoms with Crippen molar-refractivity contribution in [1.29, 1.82) is 0 Å². The quantitative estimate of drug-likeness (QED) is 0.566. The molecule has 1 aromatic carbocycles. The summed E-state index contributed by atoms with van der Waals surface area (Å²) >= 11 is 3.48. The number of hydrogen-bond acceptors (Lipinski definition) is 4. The van der Waals surface area contributed by atoms with Crippen molar-refractivity contribution in [2.75, 3.05) is 0 Å². The summed E-state index contributed by atoms with van der Waals surface area (Å²) in [6.07, 6.45) is 9.36. The third-order valence-corrected chi connectivity index (χ3v) is 8.84. The maximum Gasteiger partial charge on any atom is 0.151 e. The average molecular weight is 344 g/mol. The van der Waals surface area contributed by atoms with Crippen LogP contribution < -0.4 is 0 Å². The van der Waals surface area contributed by atoms with E-state index in [1.165, 1.54) is 49.5 Å². The lowest BCUT2D eigenvalue weighted by Crippen LogP contribution is -2.51. The smallest absolute Gasteiger partial charge is 0.151 e. The number of aromatic nitrogens is 1. The Morgan fingerprint density at radius 1 is 1.13 bits per heavy atom. The summed E-state index contributed by atoms with van der Waals surface area (Å²) in [6, 6.07) is 8.28. The van der Waals surface area contributed by atoms with E-state index < -0.39 is 0 Å². The molecule has 4 aliphatic rings. The lowest BCUT2D eigenvalue weighted by molar-refractivity contribution is -0.114. The summed E-state index contributed by atoms with van der Waals surface area (Å²) in [7, 11) is 0. The maximum atomic E-state index is 12.0. The molecule has 23 heavy (non-hydrogen) atoms. The Bertz CT molecular complexity index is 684. The molecule has 1 unspecified atom stereocenters. The molecule has 4 heteroatoms. The number of nitrogens with zero attached hydrogens (tertiary/aromatic N) is 1. The Kier molecular flexibility index (Phi) is 3.35. The summed E-state index contributed by atoms with van der Waals surface area (Å²) in [4.78, 5) is 16.7. The van der Waals surface area contributed by atoms with E-state index in [1.54, 1.807) is 23.1 Å².